The number of thiophene rings is 1. The molecule has 0 unspecified atom stereocenters. The van der Waals surface area contributed by atoms with E-state index in [1.807, 2.05) is 30.9 Å². The molecule has 0 saturated heterocycles. The molecule has 2 heterocycles. The minimum Gasteiger partial charge on any atom is -0.383 e. The van der Waals surface area contributed by atoms with Crippen molar-refractivity contribution in [2.75, 3.05) is 25.6 Å². The van der Waals surface area contributed by atoms with Crippen LogP contribution in [0.5, 0.6) is 0 Å². The molecule has 0 fully saturated rings. The van der Waals surface area contributed by atoms with E-state index in [1.54, 1.807) is 18.4 Å². The molecular weight excluding hydrogens is 418 g/mol. The average molecular weight is 448 g/mol. The van der Waals surface area contributed by atoms with Crippen LogP contribution in [0.1, 0.15) is 16.7 Å². The molecule has 2 amide bonds. The maximum absolute atomic E-state index is 13.4. The lowest BCUT2D eigenvalue weighted by Crippen LogP contribution is -2.37. The van der Waals surface area contributed by atoms with Crippen LogP contribution in [0.15, 0.2) is 60.0 Å². The maximum Gasteiger partial charge on any atom is 0.322 e. The summed E-state index contributed by atoms with van der Waals surface area (Å²) in [4.78, 5) is 16.4. The molecule has 4 aromatic rings. The number of amides is 2. The second-order valence-electron chi connectivity index (χ2n) is 8.04. The molecule has 2 aromatic heterocycles. The normalized spacial score (nSPS) is 11.1. The lowest BCUT2D eigenvalue weighted by Gasteiger charge is -2.24. The van der Waals surface area contributed by atoms with Crippen molar-refractivity contribution in [3.63, 3.8) is 0 Å². The molecule has 5 nitrogen and oxygen atoms in total. The number of nitrogens with zero attached hydrogens (tertiary/aromatic N) is 2. The molecule has 0 atom stereocenters. The largest absolute Gasteiger partial charge is 0.383 e. The second-order valence-corrected chi connectivity index (χ2v) is 8.99. The van der Waals surface area contributed by atoms with E-state index >= 15 is 0 Å². The van der Waals surface area contributed by atoms with Crippen molar-refractivity contribution < 1.29 is 9.53 Å². The number of fused-ring (bicyclic) bond motifs is 1. The van der Waals surface area contributed by atoms with Gasteiger partial charge in [0.05, 0.1) is 23.7 Å². The van der Waals surface area contributed by atoms with Gasteiger partial charge in [-0.3, -0.25) is 0 Å². The van der Waals surface area contributed by atoms with Crippen LogP contribution in [0.2, 0.25) is 0 Å². The Hall–Kier alpha value is -3.09. The second kappa shape index (κ2) is 9.59. The monoisotopic (exact) mass is 447 g/mol. The first-order valence-corrected chi connectivity index (χ1v) is 11.6. The number of anilines is 1. The summed E-state index contributed by atoms with van der Waals surface area (Å²) in [6.07, 6.45) is 0. The Morgan fingerprint density at radius 1 is 1.12 bits per heavy atom. The molecule has 6 heteroatoms. The van der Waals surface area contributed by atoms with Crippen LogP contribution in [0, 0.1) is 13.8 Å². The highest BCUT2D eigenvalue weighted by Gasteiger charge is 2.22. The van der Waals surface area contributed by atoms with Gasteiger partial charge >= 0.3 is 6.03 Å². The number of aryl methyl sites for hydroxylation is 3. The maximum atomic E-state index is 13.4. The topological polar surface area (TPSA) is 46.5 Å². The summed E-state index contributed by atoms with van der Waals surface area (Å²) < 4.78 is 7.55. The summed E-state index contributed by atoms with van der Waals surface area (Å²) in [5.74, 6) is 0. The van der Waals surface area contributed by atoms with Crippen molar-refractivity contribution in [2.24, 2.45) is 7.05 Å². The van der Waals surface area contributed by atoms with Gasteiger partial charge in [0.1, 0.15) is 0 Å². The fourth-order valence-corrected chi connectivity index (χ4v) is 4.90. The number of para-hydroxylation sites is 1. The number of hydrogen-bond donors (Lipinski definition) is 1. The van der Waals surface area contributed by atoms with Crippen molar-refractivity contribution in [1.82, 2.24) is 9.47 Å². The smallest absolute Gasteiger partial charge is 0.322 e. The van der Waals surface area contributed by atoms with E-state index < -0.39 is 0 Å². The molecular formula is C26H29N3O2S. The summed E-state index contributed by atoms with van der Waals surface area (Å²) >= 11 is 1.71. The SMILES string of the molecule is COCCN(Cc1c(-c2cccs2)n(C)c2ccccc12)C(=O)Nc1cc(C)ccc1C. The first kappa shape index (κ1) is 22.1. The third-order valence-corrected chi connectivity index (χ3v) is 6.68. The van der Waals surface area contributed by atoms with Crippen LogP contribution in [0.4, 0.5) is 10.5 Å². The van der Waals surface area contributed by atoms with Gasteiger partial charge in [0.15, 0.2) is 0 Å². The van der Waals surface area contributed by atoms with Crippen molar-refractivity contribution in [1.29, 1.82) is 0 Å². The number of methoxy groups -OCH3 is 1. The molecule has 32 heavy (non-hydrogen) atoms. The van der Waals surface area contributed by atoms with Crippen molar-refractivity contribution in [3.8, 4) is 10.6 Å². The van der Waals surface area contributed by atoms with Gasteiger partial charge in [0, 0.05) is 42.9 Å². The number of rotatable bonds is 7. The lowest BCUT2D eigenvalue weighted by atomic mass is 10.1. The van der Waals surface area contributed by atoms with Crippen LogP contribution in [0.3, 0.4) is 0 Å². The third-order valence-electron chi connectivity index (χ3n) is 5.80. The fraction of sp³-hybridized carbons (Fsp3) is 0.269. The molecule has 0 aliphatic rings. The summed E-state index contributed by atoms with van der Waals surface area (Å²) in [7, 11) is 3.76. The minimum absolute atomic E-state index is 0.124. The number of benzene rings is 2. The van der Waals surface area contributed by atoms with Gasteiger partial charge in [-0.05, 0) is 48.6 Å². The van der Waals surface area contributed by atoms with Crippen molar-refractivity contribution in [2.45, 2.75) is 20.4 Å². The molecule has 0 radical (unpaired) electrons. The zero-order valence-electron chi connectivity index (χ0n) is 19.0. The Morgan fingerprint density at radius 3 is 2.69 bits per heavy atom. The Bertz CT molecular complexity index is 1230. The minimum atomic E-state index is -0.124. The van der Waals surface area contributed by atoms with E-state index in [1.165, 1.54) is 10.3 Å². The first-order valence-electron chi connectivity index (χ1n) is 10.7. The molecule has 0 saturated carbocycles. The molecule has 0 aliphatic heterocycles. The highest BCUT2D eigenvalue weighted by molar-refractivity contribution is 7.13. The van der Waals surface area contributed by atoms with Crippen molar-refractivity contribution >= 4 is 34.0 Å². The summed E-state index contributed by atoms with van der Waals surface area (Å²) in [5, 5.41) is 6.37. The van der Waals surface area contributed by atoms with E-state index in [0.29, 0.717) is 19.7 Å². The first-order chi connectivity index (χ1) is 15.5. The van der Waals surface area contributed by atoms with Gasteiger partial charge in [-0.25, -0.2) is 4.79 Å². The number of nitrogens with one attached hydrogen (secondary N) is 1. The lowest BCUT2D eigenvalue weighted by molar-refractivity contribution is 0.153. The van der Waals surface area contributed by atoms with E-state index in [4.69, 9.17) is 4.74 Å². The Morgan fingerprint density at radius 2 is 1.94 bits per heavy atom. The summed E-state index contributed by atoms with van der Waals surface area (Å²) in [6, 6.07) is 18.6. The number of ether oxygens (including phenoxy) is 1. The van der Waals surface area contributed by atoms with E-state index in [2.05, 4.69) is 64.8 Å². The van der Waals surface area contributed by atoms with Gasteiger partial charge in [-0.2, -0.15) is 0 Å². The van der Waals surface area contributed by atoms with Crippen LogP contribution < -0.4 is 5.32 Å². The van der Waals surface area contributed by atoms with Crippen LogP contribution in [0.25, 0.3) is 21.5 Å². The number of aromatic nitrogens is 1. The zero-order chi connectivity index (χ0) is 22.7. The summed E-state index contributed by atoms with van der Waals surface area (Å²) in [6.45, 7) is 5.50. The molecule has 0 bridgehead atoms. The highest BCUT2D eigenvalue weighted by atomic mass is 32.1. The van der Waals surface area contributed by atoms with E-state index in [9.17, 15) is 4.79 Å². The van der Waals surface area contributed by atoms with Gasteiger partial charge in [-0.15, -0.1) is 11.3 Å². The standard InChI is InChI=1S/C26H29N3O2S/c1-18-11-12-19(2)22(16-18)27-26(30)29(13-14-31-4)17-21-20-8-5-6-9-23(20)28(3)25(21)24-10-7-15-32-24/h5-12,15-16H,13-14,17H2,1-4H3,(H,27,30). The van der Waals surface area contributed by atoms with Gasteiger partial charge < -0.3 is 19.5 Å². The van der Waals surface area contributed by atoms with Gasteiger partial charge in [0.25, 0.3) is 0 Å². The quantitative estimate of drug-likeness (QED) is 0.366. The Balaban J connectivity index is 1.72. The van der Waals surface area contributed by atoms with E-state index in [0.717, 1.165) is 33.6 Å². The number of urea groups is 1. The van der Waals surface area contributed by atoms with Crippen molar-refractivity contribution in [3.05, 3.63) is 76.7 Å². The highest BCUT2D eigenvalue weighted by Crippen LogP contribution is 2.36. The molecule has 1 N–H and O–H groups in total. The zero-order valence-corrected chi connectivity index (χ0v) is 19.8. The molecule has 0 aliphatic carbocycles. The average Bonchev–Trinajstić information content (AvgIpc) is 3.40. The van der Waals surface area contributed by atoms with Gasteiger partial charge in [-0.1, -0.05) is 36.4 Å². The number of carbonyl (C=O) groups excluding carboxylic acids is 1. The molecule has 2 aromatic carbocycles. The number of hydrogen-bond acceptors (Lipinski definition) is 3. The number of carbonyl (C=O) groups is 1. The fourth-order valence-electron chi connectivity index (χ4n) is 4.07. The molecule has 4 rings (SSSR count). The third kappa shape index (κ3) is 4.42. The molecule has 0 spiro atoms. The van der Waals surface area contributed by atoms with Crippen LogP contribution in [-0.2, 0) is 18.3 Å². The molecule has 166 valence electrons. The van der Waals surface area contributed by atoms with Crippen LogP contribution >= 0.6 is 11.3 Å². The van der Waals surface area contributed by atoms with E-state index in [-0.39, 0.29) is 6.03 Å². The van der Waals surface area contributed by atoms with Crippen LogP contribution in [-0.4, -0.2) is 35.8 Å². The Labute approximate surface area is 193 Å². The predicted molar refractivity (Wildman–Crippen MR) is 133 cm³/mol. The summed E-state index contributed by atoms with van der Waals surface area (Å²) in [5.41, 5.74) is 6.46. The predicted octanol–water partition coefficient (Wildman–Crippen LogP) is 6.20. The Kier molecular flexibility index (Phi) is 6.63. The van der Waals surface area contributed by atoms with Gasteiger partial charge in [0.2, 0.25) is 0 Å².